The van der Waals surface area contributed by atoms with Gasteiger partial charge in [0.2, 0.25) is 5.95 Å². The molecule has 2 amide bonds. The molecule has 4 N–H and O–H groups in total. The third-order valence-corrected chi connectivity index (χ3v) is 1.60. The summed E-state index contributed by atoms with van der Waals surface area (Å²) in [4.78, 5) is 12.7. The Morgan fingerprint density at radius 1 is 1.40 bits per heavy atom. The van der Waals surface area contributed by atoms with Crippen LogP contribution in [0.1, 0.15) is 0 Å². The predicted molar refractivity (Wildman–Crippen MR) is 48.9 cm³/mol. The summed E-state index contributed by atoms with van der Waals surface area (Å²) in [7, 11) is 0. The minimum Gasteiger partial charge on any atom is -0.395 e. The van der Waals surface area contributed by atoms with E-state index in [0.717, 1.165) is 0 Å². The molecule has 0 atom stereocenters. The van der Waals surface area contributed by atoms with E-state index in [1.54, 1.807) is 0 Å². The average Bonchev–Trinajstić information content (AvgIpc) is 2.70. The number of H-pyrrole nitrogens is 1. The zero-order chi connectivity index (χ0) is 11.1. The number of rotatable bonds is 5. The fourth-order valence-electron chi connectivity index (χ4n) is 0.949. The van der Waals surface area contributed by atoms with Crippen molar-refractivity contribution in [3.8, 4) is 0 Å². The van der Waals surface area contributed by atoms with E-state index in [0.29, 0.717) is 0 Å². The van der Waals surface area contributed by atoms with E-state index in [9.17, 15) is 4.79 Å². The van der Waals surface area contributed by atoms with Crippen molar-refractivity contribution >= 4 is 12.0 Å². The van der Waals surface area contributed by atoms with Crippen molar-refractivity contribution in [2.24, 2.45) is 0 Å². The molecule has 15 heavy (non-hydrogen) atoms. The SMILES string of the molecule is O=C(Nc1nnn[nH]1)N(CCO)CCO. The van der Waals surface area contributed by atoms with Gasteiger partial charge in [-0.05, 0) is 10.4 Å². The molecule has 1 aromatic rings. The number of aliphatic hydroxyl groups is 2. The zero-order valence-corrected chi connectivity index (χ0v) is 7.92. The summed E-state index contributed by atoms with van der Waals surface area (Å²) < 4.78 is 0. The maximum Gasteiger partial charge on any atom is 0.324 e. The molecule has 0 fully saturated rings. The van der Waals surface area contributed by atoms with E-state index in [1.165, 1.54) is 4.90 Å². The Kier molecular flexibility index (Phi) is 4.44. The number of hydrogen-bond donors (Lipinski definition) is 4. The Morgan fingerprint density at radius 3 is 2.53 bits per heavy atom. The Balaban J connectivity index is 2.48. The van der Waals surface area contributed by atoms with E-state index in [1.807, 2.05) is 0 Å². The molecule has 0 unspecified atom stereocenters. The number of aromatic nitrogens is 4. The van der Waals surface area contributed by atoms with Gasteiger partial charge < -0.3 is 15.1 Å². The van der Waals surface area contributed by atoms with Crippen LogP contribution < -0.4 is 5.32 Å². The van der Waals surface area contributed by atoms with Crippen LogP contribution in [0.4, 0.5) is 10.7 Å². The lowest BCUT2D eigenvalue weighted by atomic mass is 10.5. The first kappa shape index (κ1) is 11.3. The minimum absolute atomic E-state index is 0.112. The monoisotopic (exact) mass is 216 g/mol. The molecule has 0 aliphatic carbocycles. The highest BCUT2D eigenvalue weighted by atomic mass is 16.3. The third kappa shape index (κ3) is 3.48. The molecule has 84 valence electrons. The fraction of sp³-hybridized carbons (Fsp3) is 0.667. The predicted octanol–water partition coefficient (Wildman–Crippen LogP) is -1.98. The lowest BCUT2D eigenvalue weighted by Gasteiger charge is -2.19. The molecule has 0 aromatic carbocycles. The number of anilines is 1. The summed E-state index contributed by atoms with van der Waals surface area (Å²) in [5, 5.41) is 32.1. The van der Waals surface area contributed by atoms with Gasteiger partial charge >= 0.3 is 6.03 Å². The summed E-state index contributed by atoms with van der Waals surface area (Å²) in [5.41, 5.74) is 0. The Labute approximate surface area is 85.1 Å². The lowest BCUT2D eigenvalue weighted by Crippen LogP contribution is -2.39. The number of carbonyl (C=O) groups excluding carboxylic acids is 1. The number of amides is 2. The number of nitrogens with one attached hydrogen (secondary N) is 2. The van der Waals surface area contributed by atoms with Gasteiger partial charge in [0.05, 0.1) is 13.2 Å². The first-order valence-electron chi connectivity index (χ1n) is 4.29. The van der Waals surface area contributed by atoms with Crippen molar-refractivity contribution in [1.29, 1.82) is 0 Å². The van der Waals surface area contributed by atoms with Gasteiger partial charge in [0.15, 0.2) is 0 Å². The molecule has 1 heterocycles. The van der Waals surface area contributed by atoms with Gasteiger partial charge in [-0.2, -0.15) is 0 Å². The van der Waals surface area contributed by atoms with Crippen molar-refractivity contribution in [3.63, 3.8) is 0 Å². The van der Waals surface area contributed by atoms with E-state index >= 15 is 0 Å². The molecule has 0 saturated heterocycles. The molecule has 0 aliphatic rings. The molecule has 0 spiro atoms. The summed E-state index contributed by atoms with van der Waals surface area (Å²) in [6, 6.07) is -0.489. The Bertz CT molecular complexity index is 283. The molecule has 0 saturated carbocycles. The molecular weight excluding hydrogens is 204 g/mol. The summed E-state index contributed by atoms with van der Waals surface area (Å²) in [6.45, 7) is -0.0912. The van der Waals surface area contributed by atoms with Crippen LogP contribution in [0.3, 0.4) is 0 Å². The van der Waals surface area contributed by atoms with Gasteiger partial charge in [0.1, 0.15) is 0 Å². The van der Waals surface area contributed by atoms with E-state index < -0.39 is 6.03 Å². The quantitative estimate of drug-likeness (QED) is 0.451. The van der Waals surface area contributed by atoms with Gasteiger partial charge in [-0.15, -0.1) is 0 Å². The Hall–Kier alpha value is -1.74. The van der Waals surface area contributed by atoms with Crippen LogP contribution in [-0.4, -0.2) is 68.1 Å². The van der Waals surface area contributed by atoms with E-state index in [2.05, 4.69) is 25.9 Å². The standard InChI is InChI=1S/C6H12N6O3/c13-3-1-12(2-4-14)6(15)7-5-8-10-11-9-5/h13-14H,1-4H2,(H2,7,8,9,10,11,15). The van der Waals surface area contributed by atoms with E-state index in [4.69, 9.17) is 10.2 Å². The van der Waals surface area contributed by atoms with Crippen molar-refractivity contribution in [2.45, 2.75) is 0 Å². The lowest BCUT2D eigenvalue weighted by molar-refractivity contribution is 0.167. The maximum atomic E-state index is 11.5. The largest absolute Gasteiger partial charge is 0.395 e. The molecule has 9 nitrogen and oxygen atoms in total. The minimum atomic E-state index is -0.489. The Morgan fingerprint density at radius 2 is 2.07 bits per heavy atom. The van der Waals surface area contributed by atoms with Gasteiger partial charge in [0, 0.05) is 13.1 Å². The van der Waals surface area contributed by atoms with Gasteiger partial charge in [-0.1, -0.05) is 5.10 Å². The highest BCUT2D eigenvalue weighted by molar-refractivity contribution is 5.87. The summed E-state index contributed by atoms with van der Waals surface area (Å²) >= 11 is 0. The average molecular weight is 216 g/mol. The number of tetrazole rings is 1. The van der Waals surface area contributed by atoms with Crippen LogP contribution in [0.25, 0.3) is 0 Å². The van der Waals surface area contributed by atoms with Crippen molar-refractivity contribution < 1.29 is 15.0 Å². The van der Waals surface area contributed by atoms with Crippen LogP contribution in [0.15, 0.2) is 0 Å². The number of urea groups is 1. The topological polar surface area (TPSA) is 127 Å². The van der Waals surface area contributed by atoms with Crippen molar-refractivity contribution in [3.05, 3.63) is 0 Å². The molecular formula is C6H12N6O3. The number of nitrogens with zero attached hydrogens (tertiary/aromatic N) is 4. The maximum absolute atomic E-state index is 11.5. The number of carbonyl (C=O) groups is 1. The molecule has 1 rings (SSSR count). The first-order valence-corrected chi connectivity index (χ1v) is 4.29. The summed E-state index contributed by atoms with van der Waals surface area (Å²) in [5.74, 6) is 0.112. The molecule has 0 radical (unpaired) electrons. The highest BCUT2D eigenvalue weighted by Gasteiger charge is 2.13. The van der Waals surface area contributed by atoms with Crippen LogP contribution in [-0.2, 0) is 0 Å². The van der Waals surface area contributed by atoms with Crippen molar-refractivity contribution in [2.75, 3.05) is 31.6 Å². The van der Waals surface area contributed by atoms with Gasteiger partial charge in [-0.25, -0.2) is 9.89 Å². The van der Waals surface area contributed by atoms with Crippen LogP contribution in [0.5, 0.6) is 0 Å². The highest BCUT2D eigenvalue weighted by Crippen LogP contribution is 1.96. The number of aromatic amines is 1. The smallest absolute Gasteiger partial charge is 0.324 e. The van der Waals surface area contributed by atoms with Gasteiger partial charge in [0.25, 0.3) is 0 Å². The zero-order valence-electron chi connectivity index (χ0n) is 7.92. The number of hydrogen-bond acceptors (Lipinski definition) is 6. The third-order valence-electron chi connectivity index (χ3n) is 1.60. The number of aliphatic hydroxyl groups excluding tert-OH is 2. The molecule has 1 aromatic heterocycles. The van der Waals surface area contributed by atoms with Crippen LogP contribution in [0, 0.1) is 0 Å². The second-order valence-corrected chi connectivity index (χ2v) is 2.61. The van der Waals surface area contributed by atoms with E-state index in [-0.39, 0.29) is 32.3 Å². The normalized spacial score (nSPS) is 10.0. The second-order valence-electron chi connectivity index (χ2n) is 2.61. The molecule has 0 bridgehead atoms. The van der Waals surface area contributed by atoms with Crippen LogP contribution >= 0.6 is 0 Å². The molecule has 9 heteroatoms. The van der Waals surface area contributed by atoms with Crippen LogP contribution in [0.2, 0.25) is 0 Å². The second kappa shape index (κ2) is 5.88. The fourth-order valence-corrected chi connectivity index (χ4v) is 0.949. The van der Waals surface area contributed by atoms with Gasteiger partial charge in [-0.3, -0.25) is 5.32 Å². The van der Waals surface area contributed by atoms with Crippen molar-refractivity contribution in [1.82, 2.24) is 25.5 Å². The molecule has 0 aliphatic heterocycles. The first-order chi connectivity index (χ1) is 7.27. The summed E-state index contributed by atoms with van der Waals surface area (Å²) in [6.07, 6.45) is 0.